The van der Waals surface area contributed by atoms with E-state index < -0.39 is 0 Å². The number of hydrogen-bond donors (Lipinski definition) is 0. The molecule has 0 fully saturated rings. The Bertz CT molecular complexity index is 936. The summed E-state index contributed by atoms with van der Waals surface area (Å²) in [5.41, 5.74) is 7.46. The molecule has 3 heterocycles. The van der Waals surface area contributed by atoms with Gasteiger partial charge in [-0.3, -0.25) is 4.90 Å². The predicted molar refractivity (Wildman–Crippen MR) is 107 cm³/mol. The van der Waals surface area contributed by atoms with Crippen LogP contribution < -0.4 is 0 Å². The fraction of sp³-hybridized carbons (Fsp3) is 0.391. The second-order valence-corrected chi connectivity index (χ2v) is 8.50. The molecule has 26 heavy (non-hydrogen) atoms. The maximum atomic E-state index is 4.82. The Hall–Kier alpha value is -2.26. The minimum atomic E-state index is 0.210. The zero-order valence-electron chi connectivity index (χ0n) is 16.2. The fourth-order valence-electron chi connectivity index (χ4n) is 3.67. The van der Waals surface area contributed by atoms with Crippen LogP contribution in [0.3, 0.4) is 0 Å². The van der Waals surface area contributed by atoms with Gasteiger partial charge in [0.1, 0.15) is 0 Å². The average Bonchev–Trinajstić information content (AvgIpc) is 2.60. The van der Waals surface area contributed by atoms with Crippen molar-refractivity contribution in [1.29, 1.82) is 0 Å². The minimum Gasteiger partial charge on any atom is -0.294 e. The van der Waals surface area contributed by atoms with Gasteiger partial charge in [0.2, 0.25) is 0 Å². The molecule has 0 saturated heterocycles. The summed E-state index contributed by atoms with van der Waals surface area (Å²) in [7, 11) is 0. The standard InChI is InChI=1S/C23H27N3/c1-16-5-8-18-13-19-15-26(12-11-21(19)25-22(18)24-16)14-17-6-9-20(10-7-17)23(2,3)4/h5-10,13H,11-12,14-15H2,1-4H3. The summed E-state index contributed by atoms with van der Waals surface area (Å²) < 4.78 is 0. The third-order valence-corrected chi connectivity index (χ3v) is 5.27. The zero-order valence-corrected chi connectivity index (χ0v) is 16.2. The third-order valence-electron chi connectivity index (χ3n) is 5.27. The molecule has 1 aliphatic heterocycles. The van der Waals surface area contributed by atoms with Crippen molar-refractivity contribution < 1.29 is 0 Å². The van der Waals surface area contributed by atoms with Crippen molar-refractivity contribution in [2.24, 2.45) is 0 Å². The highest BCUT2D eigenvalue weighted by molar-refractivity contribution is 5.76. The van der Waals surface area contributed by atoms with Gasteiger partial charge in [0.05, 0.1) is 0 Å². The number of fused-ring (bicyclic) bond motifs is 2. The van der Waals surface area contributed by atoms with Gasteiger partial charge in [-0.25, -0.2) is 9.97 Å². The molecule has 0 spiro atoms. The number of nitrogens with zero attached hydrogens (tertiary/aromatic N) is 3. The van der Waals surface area contributed by atoms with E-state index >= 15 is 0 Å². The van der Waals surface area contributed by atoms with Crippen LogP contribution in [0.15, 0.2) is 42.5 Å². The first-order valence-corrected chi connectivity index (χ1v) is 9.46. The quantitative estimate of drug-likeness (QED) is 0.668. The molecule has 0 N–H and O–H groups in total. The van der Waals surface area contributed by atoms with Crippen molar-refractivity contribution in [1.82, 2.24) is 14.9 Å². The van der Waals surface area contributed by atoms with Crippen molar-refractivity contribution in [3.8, 4) is 0 Å². The number of rotatable bonds is 2. The molecule has 1 aromatic carbocycles. The molecular formula is C23H27N3. The van der Waals surface area contributed by atoms with Crippen molar-refractivity contribution >= 4 is 11.0 Å². The van der Waals surface area contributed by atoms with Crippen molar-refractivity contribution in [2.75, 3.05) is 6.54 Å². The lowest BCUT2D eigenvalue weighted by Crippen LogP contribution is -2.30. The Morgan fingerprint density at radius 3 is 2.50 bits per heavy atom. The molecule has 134 valence electrons. The van der Waals surface area contributed by atoms with Crippen LogP contribution in [0, 0.1) is 6.92 Å². The van der Waals surface area contributed by atoms with E-state index in [4.69, 9.17) is 4.98 Å². The van der Waals surface area contributed by atoms with Gasteiger partial charge >= 0.3 is 0 Å². The van der Waals surface area contributed by atoms with Crippen molar-refractivity contribution in [3.63, 3.8) is 0 Å². The van der Waals surface area contributed by atoms with Crippen LogP contribution >= 0.6 is 0 Å². The highest BCUT2D eigenvalue weighted by Gasteiger charge is 2.19. The number of hydrogen-bond acceptors (Lipinski definition) is 3. The Kier molecular flexibility index (Phi) is 4.28. The zero-order chi connectivity index (χ0) is 18.3. The molecule has 3 aromatic rings. The van der Waals surface area contributed by atoms with Crippen molar-refractivity contribution in [2.45, 2.75) is 52.6 Å². The number of benzene rings is 1. The first kappa shape index (κ1) is 17.2. The molecular weight excluding hydrogens is 318 g/mol. The van der Waals surface area contributed by atoms with Crippen LogP contribution in [-0.2, 0) is 24.9 Å². The summed E-state index contributed by atoms with van der Waals surface area (Å²) in [4.78, 5) is 11.9. The maximum absolute atomic E-state index is 4.82. The molecule has 0 bridgehead atoms. The van der Waals surface area contributed by atoms with E-state index in [1.165, 1.54) is 22.4 Å². The van der Waals surface area contributed by atoms with E-state index in [1.54, 1.807) is 0 Å². The lowest BCUT2D eigenvalue weighted by atomic mass is 9.86. The van der Waals surface area contributed by atoms with E-state index in [0.29, 0.717) is 0 Å². The number of aromatic nitrogens is 2. The van der Waals surface area contributed by atoms with Gasteiger partial charge in [0.15, 0.2) is 5.65 Å². The van der Waals surface area contributed by atoms with Crippen LogP contribution in [-0.4, -0.2) is 21.4 Å². The second kappa shape index (κ2) is 6.48. The number of pyridine rings is 2. The maximum Gasteiger partial charge on any atom is 0.159 e. The van der Waals surface area contributed by atoms with E-state index in [1.807, 2.05) is 6.92 Å². The van der Waals surface area contributed by atoms with Gasteiger partial charge in [0, 0.05) is 42.8 Å². The van der Waals surface area contributed by atoms with E-state index in [0.717, 1.165) is 42.8 Å². The van der Waals surface area contributed by atoms with Gasteiger partial charge in [0.25, 0.3) is 0 Å². The lowest BCUT2D eigenvalue weighted by molar-refractivity contribution is 0.243. The normalized spacial score (nSPS) is 15.2. The summed E-state index contributed by atoms with van der Waals surface area (Å²) in [5, 5.41) is 1.14. The van der Waals surface area contributed by atoms with Gasteiger partial charge in [-0.15, -0.1) is 0 Å². The van der Waals surface area contributed by atoms with E-state index in [2.05, 4.69) is 73.1 Å². The third kappa shape index (κ3) is 3.49. The first-order valence-electron chi connectivity index (χ1n) is 9.46. The smallest absolute Gasteiger partial charge is 0.159 e. The Balaban J connectivity index is 1.52. The molecule has 0 radical (unpaired) electrons. The van der Waals surface area contributed by atoms with E-state index in [9.17, 15) is 0 Å². The second-order valence-electron chi connectivity index (χ2n) is 8.50. The van der Waals surface area contributed by atoms with Crippen LogP contribution in [0.4, 0.5) is 0 Å². The molecule has 0 atom stereocenters. The molecule has 4 rings (SSSR count). The van der Waals surface area contributed by atoms with E-state index in [-0.39, 0.29) is 5.41 Å². The SMILES string of the molecule is Cc1ccc2cc3c(nc2n1)CCN(Cc1ccc(C(C)(C)C)cc1)C3. The Labute approximate surface area is 156 Å². The molecule has 0 amide bonds. The van der Waals surface area contributed by atoms with Crippen LogP contribution in [0.2, 0.25) is 0 Å². The highest BCUT2D eigenvalue weighted by Crippen LogP contribution is 2.25. The largest absolute Gasteiger partial charge is 0.294 e. The summed E-state index contributed by atoms with van der Waals surface area (Å²) in [6, 6.07) is 15.6. The topological polar surface area (TPSA) is 29.0 Å². The van der Waals surface area contributed by atoms with Gasteiger partial charge < -0.3 is 0 Å². The predicted octanol–water partition coefficient (Wildman–Crippen LogP) is 4.79. The summed E-state index contributed by atoms with van der Waals surface area (Å²) >= 11 is 0. The molecule has 2 aromatic heterocycles. The lowest BCUT2D eigenvalue weighted by Gasteiger charge is -2.28. The molecule has 1 aliphatic rings. The minimum absolute atomic E-state index is 0.210. The molecule has 0 unspecified atom stereocenters. The Morgan fingerprint density at radius 2 is 1.77 bits per heavy atom. The average molecular weight is 345 g/mol. The fourth-order valence-corrected chi connectivity index (χ4v) is 3.67. The summed E-state index contributed by atoms with van der Waals surface area (Å²) in [6.45, 7) is 11.8. The van der Waals surface area contributed by atoms with Gasteiger partial charge in [-0.1, -0.05) is 45.0 Å². The molecule has 0 aliphatic carbocycles. The Morgan fingerprint density at radius 1 is 1.00 bits per heavy atom. The first-order chi connectivity index (χ1) is 12.4. The van der Waals surface area contributed by atoms with Crippen LogP contribution in [0.25, 0.3) is 11.0 Å². The van der Waals surface area contributed by atoms with Crippen LogP contribution in [0.5, 0.6) is 0 Å². The van der Waals surface area contributed by atoms with Gasteiger partial charge in [-0.05, 0) is 47.2 Å². The molecule has 3 nitrogen and oxygen atoms in total. The summed E-state index contributed by atoms with van der Waals surface area (Å²) in [5.74, 6) is 0. The highest BCUT2D eigenvalue weighted by atomic mass is 15.1. The summed E-state index contributed by atoms with van der Waals surface area (Å²) in [6.07, 6.45) is 1.00. The van der Waals surface area contributed by atoms with Crippen molar-refractivity contribution in [3.05, 3.63) is 70.5 Å². The molecule has 3 heteroatoms. The van der Waals surface area contributed by atoms with Gasteiger partial charge in [-0.2, -0.15) is 0 Å². The molecule has 0 saturated carbocycles. The number of aryl methyl sites for hydroxylation is 1. The van der Waals surface area contributed by atoms with Crippen LogP contribution in [0.1, 0.15) is 48.8 Å². The monoisotopic (exact) mass is 345 g/mol.